The number of hydrogen-bond donors (Lipinski definition) is 2. The van der Waals surface area contributed by atoms with Gasteiger partial charge in [0, 0.05) is 47.5 Å². The maximum absolute atomic E-state index is 13.2. The van der Waals surface area contributed by atoms with Crippen LogP contribution in [0.1, 0.15) is 16.7 Å². The fraction of sp³-hybridized carbons (Fsp3) is 0.241. The lowest BCUT2D eigenvalue weighted by atomic mass is 9.99. The molecule has 3 aromatic rings. The fourth-order valence-corrected chi connectivity index (χ4v) is 5.28. The monoisotopic (exact) mass is 574 g/mol. The normalized spacial score (nSPS) is 17.7. The van der Waals surface area contributed by atoms with Crippen LogP contribution in [0.4, 0.5) is 11.4 Å². The van der Waals surface area contributed by atoms with E-state index < -0.39 is 0 Å². The number of ether oxygens (including phenoxy) is 2. The summed E-state index contributed by atoms with van der Waals surface area (Å²) in [6.07, 6.45) is 0.366. The maximum atomic E-state index is 13.2. The van der Waals surface area contributed by atoms with Gasteiger partial charge < -0.3 is 29.9 Å². The second-order valence-corrected chi connectivity index (χ2v) is 10.6. The van der Waals surface area contributed by atoms with Gasteiger partial charge in [-0.2, -0.15) is 0 Å². The summed E-state index contributed by atoms with van der Waals surface area (Å²) in [5.41, 5.74) is 5.31. The van der Waals surface area contributed by atoms with Crippen molar-refractivity contribution in [3.8, 4) is 11.5 Å². The molecule has 3 aromatic carbocycles. The zero-order valence-corrected chi connectivity index (χ0v) is 22.5. The van der Waals surface area contributed by atoms with E-state index in [1.54, 1.807) is 0 Å². The summed E-state index contributed by atoms with van der Waals surface area (Å²) >= 11 is 3.48. The van der Waals surface area contributed by atoms with Crippen LogP contribution in [0, 0.1) is 0 Å². The van der Waals surface area contributed by atoms with Gasteiger partial charge in [0.25, 0.3) is 5.91 Å². The number of amides is 2. The summed E-state index contributed by atoms with van der Waals surface area (Å²) in [6, 6.07) is 19.2. The molecule has 8 nitrogen and oxygen atoms in total. The average Bonchev–Trinajstić information content (AvgIpc) is 3.51. The Hall–Kier alpha value is -3.82. The third-order valence-corrected chi connectivity index (χ3v) is 7.57. The molecule has 3 aliphatic heterocycles. The van der Waals surface area contributed by atoms with Crippen molar-refractivity contribution < 1.29 is 19.1 Å². The second-order valence-electron chi connectivity index (χ2n) is 9.64. The van der Waals surface area contributed by atoms with E-state index in [4.69, 9.17) is 9.47 Å². The summed E-state index contributed by atoms with van der Waals surface area (Å²) in [6.45, 7) is 3.51. The summed E-state index contributed by atoms with van der Waals surface area (Å²) < 4.78 is 12.0. The number of nitrogens with zero attached hydrogens (tertiary/aromatic N) is 2. The highest BCUT2D eigenvalue weighted by molar-refractivity contribution is 9.10. The minimum absolute atomic E-state index is 0.146. The molecule has 0 aliphatic carbocycles. The minimum Gasteiger partial charge on any atom is -0.454 e. The highest BCUT2D eigenvalue weighted by atomic mass is 79.9. The van der Waals surface area contributed by atoms with Crippen LogP contribution in [0.25, 0.3) is 11.3 Å². The molecule has 1 fully saturated rings. The van der Waals surface area contributed by atoms with Gasteiger partial charge in [0.2, 0.25) is 12.7 Å². The topological polar surface area (TPSA) is 83.1 Å². The first-order valence-electron chi connectivity index (χ1n) is 12.5. The number of hydrogen-bond acceptors (Lipinski definition) is 6. The van der Waals surface area contributed by atoms with Crippen molar-refractivity contribution in [1.29, 1.82) is 0 Å². The van der Waals surface area contributed by atoms with Crippen molar-refractivity contribution in [2.24, 2.45) is 0 Å². The summed E-state index contributed by atoms with van der Waals surface area (Å²) in [5.74, 6) is 1.27. The van der Waals surface area contributed by atoms with Gasteiger partial charge in [-0.25, -0.2) is 0 Å². The van der Waals surface area contributed by atoms with Crippen LogP contribution in [0.5, 0.6) is 11.5 Å². The molecule has 3 heterocycles. The Morgan fingerprint density at radius 1 is 0.974 bits per heavy atom. The van der Waals surface area contributed by atoms with Gasteiger partial charge in [-0.1, -0.05) is 34.1 Å². The van der Waals surface area contributed by atoms with E-state index in [0.717, 1.165) is 58.7 Å². The molecule has 1 saturated heterocycles. The van der Waals surface area contributed by atoms with Gasteiger partial charge in [0.15, 0.2) is 11.5 Å². The molecular weight excluding hydrogens is 548 g/mol. The van der Waals surface area contributed by atoms with Crippen molar-refractivity contribution in [2.45, 2.75) is 6.42 Å². The summed E-state index contributed by atoms with van der Waals surface area (Å²) in [4.78, 5) is 30.1. The van der Waals surface area contributed by atoms with Crippen LogP contribution < -0.4 is 20.1 Å². The zero-order valence-electron chi connectivity index (χ0n) is 20.9. The molecule has 9 heteroatoms. The Kier molecular flexibility index (Phi) is 6.55. The average molecular weight is 575 g/mol. The molecule has 0 radical (unpaired) electrons. The highest BCUT2D eigenvalue weighted by Crippen LogP contribution is 2.41. The molecule has 0 aromatic heterocycles. The number of piperazine rings is 1. The number of rotatable bonds is 5. The van der Waals surface area contributed by atoms with Crippen LogP contribution in [-0.4, -0.2) is 61.6 Å². The minimum atomic E-state index is -0.187. The van der Waals surface area contributed by atoms with Gasteiger partial charge in [0.05, 0.1) is 23.4 Å². The molecule has 0 bridgehead atoms. The Bertz CT molecular complexity index is 1450. The lowest BCUT2D eigenvalue weighted by Crippen LogP contribution is -2.47. The van der Waals surface area contributed by atoms with Crippen molar-refractivity contribution in [3.05, 3.63) is 81.8 Å². The van der Waals surface area contributed by atoms with Crippen LogP contribution >= 0.6 is 15.9 Å². The van der Waals surface area contributed by atoms with E-state index in [9.17, 15) is 9.59 Å². The van der Waals surface area contributed by atoms with Crippen molar-refractivity contribution in [1.82, 2.24) is 9.80 Å². The predicted molar refractivity (Wildman–Crippen MR) is 150 cm³/mol. The van der Waals surface area contributed by atoms with Crippen molar-refractivity contribution in [3.63, 3.8) is 0 Å². The summed E-state index contributed by atoms with van der Waals surface area (Å²) in [7, 11) is 2.08. The van der Waals surface area contributed by atoms with E-state index in [0.29, 0.717) is 29.2 Å². The van der Waals surface area contributed by atoms with Gasteiger partial charge in [0.1, 0.15) is 0 Å². The zero-order chi connectivity index (χ0) is 26.2. The van der Waals surface area contributed by atoms with E-state index >= 15 is 0 Å². The first-order chi connectivity index (χ1) is 18.4. The largest absolute Gasteiger partial charge is 0.454 e. The molecule has 0 unspecified atom stereocenters. The molecule has 2 amide bonds. The Balaban J connectivity index is 1.30. The number of nitrogens with one attached hydrogen (secondary N) is 2. The smallest absolute Gasteiger partial charge is 0.258 e. The lowest BCUT2D eigenvalue weighted by Gasteiger charge is -2.32. The second kappa shape index (κ2) is 10.2. The molecule has 3 aliphatic rings. The third kappa shape index (κ3) is 4.87. The van der Waals surface area contributed by atoms with E-state index in [1.165, 1.54) is 0 Å². The van der Waals surface area contributed by atoms with Crippen LogP contribution in [0.3, 0.4) is 0 Å². The maximum Gasteiger partial charge on any atom is 0.258 e. The number of anilines is 2. The Morgan fingerprint density at radius 3 is 2.53 bits per heavy atom. The quantitative estimate of drug-likeness (QED) is 0.439. The van der Waals surface area contributed by atoms with Crippen LogP contribution in [-0.2, 0) is 16.0 Å². The molecule has 0 spiro atoms. The molecule has 38 heavy (non-hydrogen) atoms. The fourth-order valence-electron chi connectivity index (χ4n) is 4.92. The number of likely N-dealkylation sites (N-methyl/N-ethyl adjacent to an activating group) is 1. The molecule has 0 atom stereocenters. The SMILES string of the molecule is CN1CCN(C(=O)Cc2ccc(N/C(=C3\C(=O)Nc4cc(Br)ccc43)c3ccc4c(c3)OCO4)cc2)CC1. The molecule has 0 saturated carbocycles. The highest BCUT2D eigenvalue weighted by Gasteiger charge is 2.29. The van der Waals surface area contributed by atoms with Crippen LogP contribution in [0.2, 0.25) is 0 Å². The van der Waals surface area contributed by atoms with Crippen molar-refractivity contribution in [2.75, 3.05) is 50.7 Å². The van der Waals surface area contributed by atoms with Gasteiger partial charge in [-0.3, -0.25) is 9.59 Å². The molecular formula is C29H27BrN4O4. The predicted octanol–water partition coefficient (Wildman–Crippen LogP) is 4.43. The lowest BCUT2D eigenvalue weighted by molar-refractivity contribution is -0.132. The number of halogens is 1. The van der Waals surface area contributed by atoms with Crippen LogP contribution in [0.15, 0.2) is 65.1 Å². The van der Waals surface area contributed by atoms with Gasteiger partial charge in [-0.15, -0.1) is 0 Å². The Morgan fingerprint density at radius 2 is 1.74 bits per heavy atom. The molecule has 194 valence electrons. The molecule has 2 N–H and O–H groups in total. The number of carbonyl (C=O) groups excluding carboxylic acids is 2. The number of fused-ring (bicyclic) bond motifs is 2. The van der Waals surface area contributed by atoms with Gasteiger partial charge in [-0.05, 0) is 55.1 Å². The van der Waals surface area contributed by atoms with E-state index in [1.807, 2.05) is 65.6 Å². The summed E-state index contributed by atoms with van der Waals surface area (Å²) in [5, 5.41) is 6.45. The molecule has 6 rings (SSSR count). The van der Waals surface area contributed by atoms with E-state index in [-0.39, 0.29) is 18.6 Å². The van der Waals surface area contributed by atoms with Gasteiger partial charge >= 0.3 is 0 Å². The number of carbonyl (C=O) groups is 2. The van der Waals surface area contributed by atoms with E-state index in [2.05, 4.69) is 38.5 Å². The number of benzene rings is 3. The Labute approximate surface area is 229 Å². The standard InChI is InChI=1S/C29H27BrN4O4/c1-33-10-12-34(13-11-33)26(35)14-18-2-6-21(7-3-18)31-28(19-4-9-24-25(15-19)38-17-37-24)27-22-8-5-20(30)16-23(22)32-29(27)36/h2-9,15-16,31H,10-14,17H2,1H3,(H,32,36)/b28-27-. The first-order valence-corrected chi connectivity index (χ1v) is 13.3. The first kappa shape index (κ1) is 24.5. The third-order valence-electron chi connectivity index (χ3n) is 7.07. The van der Waals surface area contributed by atoms with Crippen molar-refractivity contribution >= 4 is 50.4 Å².